The van der Waals surface area contributed by atoms with Crippen LogP contribution >= 0.6 is 0 Å². The average Bonchev–Trinajstić information content (AvgIpc) is 2.19. The molecule has 0 aliphatic heterocycles. The highest BCUT2D eigenvalue weighted by atomic mass is 19.1. The molecule has 1 aromatic rings. The summed E-state index contributed by atoms with van der Waals surface area (Å²) in [5, 5.41) is 0. The first-order chi connectivity index (χ1) is 7.50. The van der Waals surface area contributed by atoms with Gasteiger partial charge in [-0.15, -0.1) is 0 Å². The zero-order valence-electron chi connectivity index (χ0n) is 9.07. The lowest BCUT2D eigenvalue weighted by Gasteiger charge is -2.13. The van der Waals surface area contributed by atoms with Crippen LogP contribution in [0.1, 0.15) is 24.9 Å². The first-order valence-electron chi connectivity index (χ1n) is 4.97. The van der Waals surface area contributed by atoms with E-state index in [1.807, 2.05) is 0 Å². The molecule has 4 nitrogen and oxygen atoms in total. The molecule has 0 bridgehead atoms. The van der Waals surface area contributed by atoms with Gasteiger partial charge in [0.2, 0.25) is 5.91 Å². The third-order valence-corrected chi connectivity index (χ3v) is 2.07. The van der Waals surface area contributed by atoms with Gasteiger partial charge in [0.15, 0.2) is 0 Å². The number of amides is 1. The van der Waals surface area contributed by atoms with E-state index in [0.717, 1.165) is 0 Å². The molecular weight excluding hydrogens is 211 g/mol. The number of hydrogen-bond acceptors (Lipinski definition) is 3. The maximum Gasteiger partial charge on any atom is 0.220 e. The number of ether oxygens (including phenoxy) is 1. The minimum Gasteiger partial charge on any atom is -0.493 e. The lowest BCUT2D eigenvalue weighted by Crippen LogP contribution is -2.15. The van der Waals surface area contributed by atoms with E-state index in [2.05, 4.69) is 0 Å². The Morgan fingerprint density at radius 2 is 2.25 bits per heavy atom. The Hall–Kier alpha value is -1.62. The maximum atomic E-state index is 13.0. The van der Waals surface area contributed by atoms with Gasteiger partial charge in [-0.1, -0.05) is 0 Å². The predicted octanol–water partition coefficient (Wildman–Crippen LogP) is 1.10. The van der Waals surface area contributed by atoms with Crippen molar-refractivity contribution >= 4 is 5.91 Å². The van der Waals surface area contributed by atoms with Crippen LogP contribution in [-0.2, 0) is 4.79 Å². The van der Waals surface area contributed by atoms with Gasteiger partial charge in [0.25, 0.3) is 0 Å². The molecule has 1 rings (SSSR count). The average molecular weight is 226 g/mol. The summed E-state index contributed by atoms with van der Waals surface area (Å²) in [5.41, 5.74) is 11.2. The number of primary amides is 1. The fourth-order valence-corrected chi connectivity index (χ4v) is 1.27. The molecule has 0 aliphatic carbocycles. The summed E-state index contributed by atoms with van der Waals surface area (Å²) in [7, 11) is 0. The van der Waals surface area contributed by atoms with Crippen molar-refractivity contribution in [1.29, 1.82) is 0 Å². The van der Waals surface area contributed by atoms with Crippen LogP contribution in [0.2, 0.25) is 0 Å². The molecule has 1 atom stereocenters. The van der Waals surface area contributed by atoms with Crippen LogP contribution in [0.15, 0.2) is 18.2 Å². The fourth-order valence-electron chi connectivity index (χ4n) is 1.27. The Kier molecular flexibility index (Phi) is 4.25. The van der Waals surface area contributed by atoms with Crippen LogP contribution < -0.4 is 16.2 Å². The molecule has 1 aromatic carbocycles. The van der Waals surface area contributed by atoms with Gasteiger partial charge in [-0.05, 0) is 25.1 Å². The molecule has 5 heteroatoms. The van der Waals surface area contributed by atoms with Crippen LogP contribution in [0.3, 0.4) is 0 Å². The molecule has 0 aliphatic rings. The van der Waals surface area contributed by atoms with Crippen LogP contribution in [0.25, 0.3) is 0 Å². The molecule has 1 amide bonds. The zero-order valence-corrected chi connectivity index (χ0v) is 9.07. The van der Waals surface area contributed by atoms with E-state index in [9.17, 15) is 9.18 Å². The highest BCUT2D eigenvalue weighted by molar-refractivity contribution is 5.73. The fraction of sp³-hybridized carbons (Fsp3) is 0.364. The monoisotopic (exact) mass is 226 g/mol. The van der Waals surface area contributed by atoms with E-state index in [-0.39, 0.29) is 24.9 Å². The van der Waals surface area contributed by atoms with Crippen molar-refractivity contribution in [3.05, 3.63) is 29.6 Å². The summed E-state index contributed by atoms with van der Waals surface area (Å²) in [5.74, 6) is -0.323. The Balaban J connectivity index is 2.74. The molecule has 0 saturated carbocycles. The van der Waals surface area contributed by atoms with Crippen molar-refractivity contribution in [3.63, 3.8) is 0 Å². The van der Waals surface area contributed by atoms with Crippen molar-refractivity contribution < 1.29 is 13.9 Å². The van der Waals surface area contributed by atoms with Gasteiger partial charge in [-0.3, -0.25) is 4.79 Å². The SMILES string of the molecule is C[C@@H](N)c1cc(F)ccc1OCCC(N)=O. The molecule has 88 valence electrons. The van der Waals surface area contributed by atoms with E-state index >= 15 is 0 Å². The van der Waals surface area contributed by atoms with Gasteiger partial charge >= 0.3 is 0 Å². The Bertz CT molecular complexity index is 380. The summed E-state index contributed by atoms with van der Waals surface area (Å²) < 4.78 is 18.3. The second kappa shape index (κ2) is 5.46. The van der Waals surface area contributed by atoms with E-state index in [1.165, 1.54) is 18.2 Å². The number of carbonyl (C=O) groups excluding carboxylic acids is 1. The van der Waals surface area contributed by atoms with Crippen LogP contribution in [0.5, 0.6) is 5.75 Å². The molecule has 0 heterocycles. The van der Waals surface area contributed by atoms with Crippen LogP contribution in [0.4, 0.5) is 4.39 Å². The lowest BCUT2D eigenvalue weighted by molar-refractivity contribution is -0.118. The van der Waals surface area contributed by atoms with Crippen molar-refractivity contribution in [2.45, 2.75) is 19.4 Å². The normalized spacial score (nSPS) is 12.2. The standard InChI is InChI=1S/C11H15FN2O2/c1-7(13)9-6-8(12)2-3-10(9)16-5-4-11(14)15/h2-3,6-7H,4-5,13H2,1H3,(H2,14,15)/t7-/m1/s1. The minimum absolute atomic E-state index is 0.121. The largest absolute Gasteiger partial charge is 0.493 e. The smallest absolute Gasteiger partial charge is 0.220 e. The van der Waals surface area contributed by atoms with Crippen molar-refractivity contribution in [2.24, 2.45) is 11.5 Å². The summed E-state index contributed by atoms with van der Waals surface area (Å²) in [6, 6.07) is 3.77. The highest BCUT2D eigenvalue weighted by Crippen LogP contribution is 2.24. The topological polar surface area (TPSA) is 78.3 Å². The number of hydrogen-bond donors (Lipinski definition) is 2. The number of carbonyl (C=O) groups is 1. The lowest BCUT2D eigenvalue weighted by atomic mass is 10.1. The van der Waals surface area contributed by atoms with E-state index in [4.69, 9.17) is 16.2 Å². The van der Waals surface area contributed by atoms with Crippen LogP contribution in [-0.4, -0.2) is 12.5 Å². The van der Waals surface area contributed by atoms with Crippen molar-refractivity contribution in [3.8, 4) is 5.75 Å². The number of halogens is 1. The summed E-state index contributed by atoms with van der Waals surface area (Å²) in [4.78, 5) is 10.5. The van der Waals surface area contributed by atoms with Gasteiger partial charge in [0.1, 0.15) is 11.6 Å². The molecule has 0 radical (unpaired) electrons. The molecule has 0 unspecified atom stereocenters. The quantitative estimate of drug-likeness (QED) is 0.789. The van der Waals surface area contributed by atoms with Gasteiger partial charge in [-0.25, -0.2) is 4.39 Å². The second-order valence-corrected chi connectivity index (χ2v) is 3.54. The molecule has 16 heavy (non-hydrogen) atoms. The number of rotatable bonds is 5. The number of benzene rings is 1. The van der Waals surface area contributed by atoms with Crippen molar-refractivity contribution in [1.82, 2.24) is 0 Å². The summed E-state index contributed by atoms with van der Waals surface area (Å²) >= 11 is 0. The van der Waals surface area contributed by atoms with Crippen LogP contribution in [0, 0.1) is 5.82 Å². The summed E-state index contributed by atoms with van der Waals surface area (Å²) in [6.45, 7) is 1.90. The van der Waals surface area contributed by atoms with Gasteiger partial charge in [0, 0.05) is 11.6 Å². The van der Waals surface area contributed by atoms with E-state index in [1.54, 1.807) is 6.92 Å². The van der Waals surface area contributed by atoms with Gasteiger partial charge < -0.3 is 16.2 Å². The Morgan fingerprint density at radius 1 is 1.56 bits per heavy atom. The first kappa shape index (κ1) is 12.4. The molecule has 0 fully saturated rings. The van der Waals surface area contributed by atoms with Gasteiger partial charge in [0.05, 0.1) is 13.0 Å². The minimum atomic E-state index is -0.440. The Morgan fingerprint density at radius 3 is 2.81 bits per heavy atom. The third-order valence-electron chi connectivity index (χ3n) is 2.07. The Labute approximate surface area is 93.4 Å². The second-order valence-electron chi connectivity index (χ2n) is 3.54. The zero-order chi connectivity index (χ0) is 12.1. The molecular formula is C11H15FN2O2. The third kappa shape index (κ3) is 3.51. The highest BCUT2D eigenvalue weighted by Gasteiger charge is 2.09. The predicted molar refractivity (Wildman–Crippen MR) is 58.3 cm³/mol. The maximum absolute atomic E-state index is 13.0. The van der Waals surface area contributed by atoms with E-state index < -0.39 is 5.91 Å². The first-order valence-corrected chi connectivity index (χ1v) is 4.97. The van der Waals surface area contributed by atoms with E-state index in [0.29, 0.717) is 11.3 Å². The summed E-state index contributed by atoms with van der Waals surface area (Å²) in [6.07, 6.45) is 0.121. The number of nitrogens with two attached hydrogens (primary N) is 2. The van der Waals surface area contributed by atoms with Crippen molar-refractivity contribution in [2.75, 3.05) is 6.61 Å². The molecule has 4 N–H and O–H groups in total. The molecule has 0 saturated heterocycles. The molecule has 0 spiro atoms. The van der Waals surface area contributed by atoms with Gasteiger partial charge in [-0.2, -0.15) is 0 Å². The molecule has 0 aromatic heterocycles.